The summed E-state index contributed by atoms with van der Waals surface area (Å²) < 4.78 is 5.02. The number of nitriles is 1. The summed E-state index contributed by atoms with van der Waals surface area (Å²) in [7, 11) is 1.61. The summed E-state index contributed by atoms with van der Waals surface area (Å²) in [5.41, 5.74) is 1.53. The zero-order valence-corrected chi connectivity index (χ0v) is 11.0. The maximum Gasteiger partial charge on any atom is 0.304 e. The fraction of sp³-hybridized carbons (Fsp3) is 0.429. The van der Waals surface area contributed by atoms with E-state index in [0.717, 1.165) is 5.56 Å². The van der Waals surface area contributed by atoms with Gasteiger partial charge in [-0.2, -0.15) is 5.26 Å². The van der Waals surface area contributed by atoms with Crippen LogP contribution in [0.4, 0.5) is 0 Å². The highest BCUT2D eigenvalue weighted by atomic mass is 16.5. The molecule has 0 aliphatic carbocycles. The van der Waals surface area contributed by atoms with Crippen LogP contribution in [0.2, 0.25) is 0 Å². The van der Waals surface area contributed by atoms with Crippen LogP contribution in [0.3, 0.4) is 0 Å². The second-order valence-corrected chi connectivity index (χ2v) is 4.18. The van der Waals surface area contributed by atoms with Crippen molar-refractivity contribution in [1.82, 2.24) is 4.90 Å². The molecule has 0 saturated carbocycles. The quantitative estimate of drug-likeness (QED) is 0.768. The topological polar surface area (TPSA) is 73.6 Å². The van der Waals surface area contributed by atoms with Crippen molar-refractivity contribution >= 4 is 5.97 Å². The summed E-state index contributed by atoms with van der Waals surface area (Å²) in [4.78, 5) is 12.6. The molecule has 0 fully saturated rings. The molecule has 5 nitrogen and oxygen atoms in total. The van der Waals surface area contributed by atoms with Crippen molar-refractivity contribution in [2.24, 2.45) is 0 Å². The summed E-state index contributed by atoms with van der Waals surface area (Å²) >= 11 is 0. The van der Waals surface area contributed by atoms with Crippen LogP contribution < -0.4 is 0 Å². The Morgan fingerprint density at radius 2 is 2.16 bits per heavy atom. The number of benzene rings is 1. The molecule has 1 N–H and O–H groups in total. The van der Waals surface area contributed by atoms with Gasteiger partial charge in [0.15, 0.2) is 0 Å². The molecule has 0 aliphatic rings. The van der Waals surface area contributed by atoms with Crippen LogP contribution in [-0.2, 0) is 16.1 Å². The minimum absolute atomic E-state index is 0.0818. The molecule has 0 unspecified atom stereocenters. The molecule has 0 atom stereocenters. The normalized spacial score (nSPS) is 10.4. The van der Waals surface area contributed by atoms with E-state index in [1.807, 2.05) is 23.1 Å². The molecule has 0 amide bonds. The van der Waals surface area contributed by atoms with Crippen LogP contribution in [0, 0.1) is 11.3 Å². The standard InChI is InChI=1S/C14H18N2O3/c1-19-9-8-16(7-6-14(17)18)11-13-5-3-2-4-12(13)10-15/h2-5H,6-9,11H2,1H3,(H,17,18). The highest BCUT2D eigenvalue weighted by Gasteiger charge is 2.10. The highest BCUT2D eigenvalue weighted by Crippen LogP contribution is 2.11. The zero-order valence-electron chi connectivity index (χ0n) is 11.0. The highest BCUT2D eigenvalue weighted by molar-refractivity contribution is 5.66. The van der Waals surface area contributed by atoms with Gasteiger partial charge in [0.1, 0.15) is 0 Å². The second-order valence-electron chi connectivity index (χ2n) is 4.18. The summed E-state index contributed by atoms with van der Waals surface area (Å²) in [5, 5.41) is 17.8. The van der Waals surface area contributed by atoms with Crippen molar-refractivity contribution in [3.05, 3.63) is 35.4 Å². The maximum absolute atomic E-state index is 10.6. The molecule has 0 saturated heterocycles. The SMILES string of the molecule is COCCN(CCC(=O)O)Cc1ccccc1C#N. The van der Waals surface area contributed by atoms with Crippen LogP contribution in [0.1, 0.15) is 17.5 Å². The molecule has 0 radical (unpaired) electrons. The first kappa shape index (κ1) is 15.2. The van der Waals surface area contributed by atoms with E-state index < -0.39 is 5.97 Å². The molecule has 102 valence electrons. The smallest absolute Gasteiger partial charge is 0.304 e. The lowest BCUT2D eigenvalue weighted by atomic mass is 10.1. The molecule has 0 heterocycles. The van der Waals surface area contributed by atoms with E-state index >= 15 is 0 Å². The summed E-state index contributed by atoms with van der Waals surface area (Å²) in [6.45, 7) is 2.18. The number of carbonyl (C=O) groups is 1. The third-order valence-electron chi connectivity index (χ3n) is 2.79. The van der Waals surface area contributed by atoms with E-state index in [9.17, 15) is 4.79 Å². The fourth-order valence-corrected chi connectivity index (χ4v) is 1.75. The Hall–Kier alpha value is -1.90. The average molecular weight is 262 g/mol. The van der Waals surface area contributed by atoms with Gasteiger partial charge in [-0.25, -0.2) is 0 Å². The Kier molecular flexibility index (Phi) is 6.58. The van der Waals surface area contributed by atoms with Gasteiger partial charge in [0, 0.05) is 26.7 Å². The number of rotatable bonds is 8. The molecule has 0 aliphatic heterocycles. The lowest BCUT2D eigenvalue weighted by molar-refractivity contribution is -0.137. The molecular weight excluding hydrogens is 244 g/mol. The first-order valence-electron chi connectivity index (χ1n) is 6.08. The second kappa shape index (κ2) is 8.25. The fourth-order valence-electron chi connectivity index (χ4n) is 1.75. The molecule has 19 heavy (non-hydrogen) atoms. The van der Waals surface area contributed by atoms with Crippen molar-refractivity contribution in [1.29, 1.82) is 5.26 Å². The van der Waals surface area contributed by atoms with Gasteiger partial charge in [0.25, 0.3) is 0 Å². The third-order valence-corrected chi connectivity index (χ3v) is 2.79. The predicted octanol–water partition coefficient (Wildman–Crippen LogP) is 1.48. The summed E-state index contributed by atoms with van der Waals surface area (Å²) in [6.07, 6.45) is 0.0818. The molecule has 5 heteroatoms. The van der Waals surface area contributed by atoms with Gasteiger partial charge in [0.05, 0.1) is 24.7 Å². The first-order valence-corrected chi connectivity index (χ1v) is 6.08. The zero-order chi connectivity index (χ0) is 14.1. The van der Waals surface area contributed by atoms with Crippen molar-refractivity contribution in [3.8, 4) is 6.07 Å². The number of aliphatic carboxylic acids is 1. The lowest BCUT2D eigenvalue weighted by Gasteiger charge is -2.21. The molecule has 0 spiro atoms. The Morgan fingerprint density at radius 1 is 1.42 bits per heavy atom. The Bertz CT molecular complexity index is 454. The molecular formula is C14H18N2O3. The number of hydrogen-bond acceptors (Lipinski definition) is 4. The van der Waals surface area contributed by atoms with Gasteiger partial charge >= 0.3 is 5.97 Å². The van der Waals surface area contributed by atoms with Crippen LogP contribution >= 0.6 is 0 Å². The Labute approximate surface area is 113 Å². The van der Waals surface area contributed by atoms with Crippen molar-refractivity contribution in [2.75, 3.05) is 26.8 Å². The average Bonchev–Trinajstić information content (AvgIpc) is 2.42. The van der Waals surface area contributed by atoms with Gasteiger partial charge in [-0.3, -0.25) is 9.69 Å². The number of carboxylic acids is 1. The molecule has 0 bridgehead atoms. The molecule has 1 rings (SSSR count). The van der Waals surface area contributed by atoms with Gasteiger partial charge in [0.2, 0.25) is 0 Å². The predicted molar refractivity (Wildman–Crippen MR) is 70.6 cm³/mol. The van der Waals surface area contributed by atoms with Gasteiger partial charge in [-0.15, -0.1) is 0 Å². The van der Waals surface area contributed by atoms with Crippen LogP contribution in [0.15, 0.2) is 24.3 Å². The Balaban J connectivity index is 2.69. The maximum atomic E-state index is 10.6. The molecule has 1 aromatic carbocycles. The van der Waals surface area contributed by atoms with E-state index in [-0.39, 0.29) is 6.42 Å². The number of nitrogens with zero attached hydrogens (tertiary/aromatic N) is 2. The van der Waals surface area contributed by atoms with E-state index in [1.54, 1.807) is 13.2 Å². The van der Waals surface area contributed by atoms with Gasteiger partial charge < -0.3 is 9.84 Å². The van der Waals surface area contributed by atoms with Gasteiger partial charge in [-0.1, -0.05) is 18.2 Å². The van der Waals surface area contributed by atoms with Crippen molar-refractivity contribution < 1.29 is 14.6 Å². The largest absolute Gasteiger partial charge is 0.481 e. The van der Waals surface area contributed by atoms with Gasteiger partial charge in [-0.05, 0) is 11.6 Å². The number of ether oxygens (including phenoxy) is 1. The van der Waals surface area contributed by atoms with Crippen LogP contribution in [-0.4, -0.2) is 42.8 Å². The summed E-state index contributed by atoms with van der Waals surface area (Å²) in [5.74, 6) is -0.823. The number of hydrogen-bond donors (Lipinski definition) is 1. The number of methoxy groups -OCH3 is 1. The van der Waals surface area contributed by atoms with E-state index in [1.165, 1.54) is 0 Å². The third kappa shape index (κ3) is 5.51. The van der Waals surface area contributed by atoms with Crippen LogP contribution in [0.5, 0.6) is 0 Å². The van der Waals surface area contributed by atoms with E-state index in [4.69, 9.17) is 15.1 Å². The van der Waals surface area contributed by atoms with E-state index in [0.29, 0.717) is 31.8 Å². The lowest BCUT2D eigenvalue weighted by Crippen LogP contribution is -2.29. The minimum Gasteiger partial charge on any atom is -0.481 e. The van der Waals surface area contributed by atoms with Crippen LogP contribution in [0.25, 0.3) is 0 Å². The Morgan fingerprint density at radius 3 is 2.79 bits per heavy atom. The monoisotopic (exact) mass is 262 g/mol. The van der Waals surface area contributed by atoms with E-state index in [2.05, 4.69) is 6.07 Å². The first-order chi connectivity index (χ1) is 9.17. The van der Waals surface area contributed by atoms with Crippen molar-refractivity contribution in [2.45, 2.75) is 13.0 Å². The molecule has 1 aromatic rings. The van der Waals surface area contributed by atoms with Crippen molar-refractivity contribution in [3.63, 3.8) is 0 Å². The minimum atomic E-state index is -0.823. The molecule has 0 aromatic heterocycles. The number of carboxylic acid groups (broad SMARTS) is 1. The summed E-state index contributed by atoms with van der Waals surface area (Å²) in [6, 6.07) is 9.50.